The number of amides is 1. The molecule has 0 aliphatic carbocycles. The topological polar surface area (TPSA) is 71.8 Å². The van der Waals surface area contributed by atoms with Crippen LogP contribution in [0.3, 0.4) is 0 Å². The molecule has 25 heavy (non-hydrogen) atoms. The molecule has 8 heteroatoms. The van der Waals surface area contributed by atoms with Crippen LogP contribution in [0.25, 0.3) is 5.82 Å². The summed E-state index contributed by atoms with van der Waals surface area (Å²) in [5.41, 5.74) is 3.01. The molecule has 2 N–H and O–H groups in total. The predicted octanol–water partition coefficient (Wildman–Crippen LogP) is 2.49. The molecular weight excluding hydrogens is 361 g/mol. The van der Waals surface area contributed by atoms with E-state index in [9.17, 15) is 4.79 Å². The first kappa shape index (κ1) is 21.4. The maximum absolute atomic E-state index is 12.1. The van der Waals surface area contributed by atoms with Gasteiger partial charge in [0.2, 0.25) is 5.91 Å². The molecule has 0 spiro atoms. The van der Waals surface area contributed by atoms with E-state index in [0.717, 1.165) is 48.6 Å². The number of pyridine rings is 1. The van der Waals surface area contributed by atoms with Gasteiger partial charge in [-0.1, -0.05) is 12.5 Å². The number of aryl methyl sites for hydroxylation is 2. The van der Waals surface area contributed by atoms with Crippen LogP contribution >= 0.6 is 24.8 Å². The molecule has 1 fully saturated rings. The van der Waals surface area contributed by atoms with Gasteiger partial charge in [-0.15, -0.1) is 24.8 Å². The fraction of sp³-hybridized carbons (Fsp3) is 0.471. The Balaban J connectivity index is 0.00000156. The molecular formula is C17H25Cl2N5O. The van der Waals surface area contributed by atoms with Gasteiger partial charge in [0.25, 0.3) is 0 Å². The molecule has 3 heterocycles. The summed E-state index contributed by atoms with van der Waals surface area (Å²) >= 11 is 0. The smallest absolute Gasteiger partial charge is 0.237 e. The summed E-state index contributed by atoms with van der Waals surface area (Å²) in [6, 6.07) is 5.88. The number of nitrogens with zero attached hydrogens (tertiary/aromatic N) is 3. The highest BCUT2D eigenvalue weighted by atomic mass is 35.5. The van der Waals surface area contributed by atoms with Crippen molar-refractivity contribution in [1.29, 1.82) is 0 Å². The lowest BCUT2D eigenvalue weighted by Gasteiger charge is -2.22. The zero-order valence-electron chi connectivity index (χ0n) is 14.5. The number of nitrogens with one attached hydrogen (secondary N) is 2. The van der Waals surface area contributed by atoms with Gasteiger partial charge in [0.15, 0.2) is 5.82 Å². The van der Waals surface area contributed by atoms with E-state index in [4.69, 9.17) is 0 Å². The van der Waals surface area contributed by atoms with Crippen LogP contribution < -0.4 is 10.6 Å². The van der Waals surface area contributed by atoms with Crippen LogP contribution in [0.15, 0.2) is 24.4 Å². The lowest BCUT2D eigenvalue weighted by Crippen LogP contribution is -2.46. The molecule has 1 saturated heterocycles. The van der Waals surface area contributed by atoms with Crippen LogP contribution in [0, 0.1) is 13.8 Å². The number of rotatable bonds is 4. The minimum Gasteiger partial charge on any atom is -0.351 e. The van der Waals surface area contributed by atoms with Gasteiger partial charge in [-0.2, -0.15) is 5.10 Å². The summed E-state index contributed by atoms with van der Waals surface area (Å²) in [5, 5.41) is 10.7. The quantitative estimate of drug-likeness (QED) is 0.847. The van der Waals surface area contributed by atoms with E-state index in [1.54, 1.807) is 6.20 Å². The first-order chi connectivity index (χ1) is 11.1. The van der Waals surface area contributed by atoms with Crippen molar-refractivity contribution in [2.24, 2.45) is 0 Å². The Labute approximate surface area is 160 Å². The number of hydrogen-bond donors (Lipinski definition) is 2. The van der Waals surface area contributed by atoms with E-state index >= 15 is 0 Å². The molecule has 0 aromatic carbocycles. The molecule has 1 amide bonds. The highest BCUT2D eigenvalue weighted by molar-refractivity contribution is 5.85. The van der Waals surface area contributed by atoms with Crippen LogP contribution in [0.1, 0.15) is 36.2 Å². The first-order valence-corrected chi connectivity index (χ1v) is 8.13. The molecule has 3 rings (SSSR count). The van der Waals surface area contributed by atoms with E-state index in [2.05, 4.69) is 20.7 Å². The van der Waals surface area contributed by atoms with E-state index in [0.29, 0.717) is 6.54 Å². The number of halogens is 2. The number of piperidine rings is 1. The van der Waals surface area contributed by atoms with Gasteiger partial charge < -0.3 is 10.6 Å². The molecule has 2 aromatic heterocycles. The second-order valence-electron chi connectivity index (χ2n) is 6.08. The zero-order chi connectivity index (χ0) is 16.2. The highest BCUT2D eigenvalue weighted by Gasteiger charge is 2.19. The second-order valence-corrected chi connectivity index (χ2v) is 6.08. The molecule has 1 aliphatic rings. The third-order valence-corrected chi connectivity index (χ3v) is 4.13. The normalized spacial score (nSPS) is 16.5. The van der Waals surface area contributed by atoms with E-state index in [1.807, 2.05) is 36.7 Å². The Hall–Kier alpha value is -1.63. The molecule has 6 nitrogen and oxygen atoms in total. The SMILES string of the molecule is Cc1cc(C)n(-c2ccc(CNC(=O)C3CCCCN3)cn2)n1.Cl.Cl. The van der Waals surface area contributed by atoms with Gasteiger partial charge in [-0.3, -0.25) is 4.79 Å². The Morgan fingerprint density at radius 1 is 1.32 bits per heavy atom. The minimum absolute atomic E-state index is 0. The molecule has 0 saturated carbocycles. The van der Waals surface area contributed by atoms with Crippen LogP contribution in [0.5, 0.6) is 0 Å². The fourth-order valence-electron chi connectivity index (χ4n) is 2.90. The van der Waals surface area contributed by atoms with Crippen LogP contribution in [-0.4, -0.2) is 33.3 Å². The van der Waals surface area contributed by atoms with E-state index < -0.39 is 0 Å². The number of hydrogen-bond acceptors (Lipinski definition) is 4. The third kappa shape index (κ3) is 5.42. The van der Waals surface area contributed by atoms with Gasteiger partial charge in [-0.05, 0) is 50.9 Å². The lowest BCUT2D eigenvalue weighted by molar-refractivity contribution is -0.123. The molecule has 0 radical (unpaired) electrons. The standard InChI is InChI=1S/C17H23N5O.2ClH/c1-12-9-13(2)22(21-12)16-7-6-14(10-19-16)11-20-17(23)15-5-3-4-8-18-15;;/h6-7,9-10,15,18H,3-5,8,11H2,1-2H3,(H,20,23);2*1H. The summed E-state index contributed by atoms with van der Waals surface area (Å²) in [6.07, 6.45) is 4.98. The van der Waals surface area contributed by atoms with Crippen molar-refractivity contribution in [3.63, 3.8) is 0 Å². The largest absolute Gasteiger partial charge is 0.351 e. The van der Waals surface area contributed by atoms with Crippen molar-refractivity contribution in [1.82, 2.24) is 25.4 Å². The summed E-state index contributed by atoms with van der Waals surface area (Å²) in [6.45, 7) is 5.40. The number of carbonyl (C=O) groups is 1. The Kier molecular flexibility index (Phi) is 8.35. The van der Waals surface area contributed by atoms with Crippen molar-refractivity contribution in [3.05, 3.63) is 41.3 Å². The first-order valence-electron chi connectivity index (χ1n) is 8.13. The Morgan fingerprint density at radius 3 is 2.68 bits per heavy atom. The van der Waals surface area contributed by atoms with Gasteiger partial charge >= 0.3 is 0 Å². The Morgan fingerprint density at radius 2 is 2.12 bits per heavy atom. The maximum atomic E-state index is 12.1. The molecule has 2 aromatic rings. The van der Waals surface area contributed by atoms with Crippen LogP contribution in [-0.2, 0) is 11.3 Å². The second kappa shape index (κ2) is 9.75. The number of carbonyl (C=O) groups excluding carboxylic acids is 1. The number of aromatic nitrogens is 3. The average molecular weight is 386 g/mol. The van der Waals surface area contributed by atoms with Gasteiger partial charge in [0.05, 0.1) is 11.7 Å². The van der Waals surface area contributed by atoms with Gasteiger partial charge in [-0.25, -0.2) is 9.67 Å². The van der Waals surface area contributed by atoms with Crippen LogP contribution in [0.4, 0.5) is 0 Å². The molecule has 1 atom stereocenters. The van der Waals surface area contributed by atoms with E-state index in [-0.39, 0.29) is 36.8 Å². The van der Waals surface area contributed by atoms with Gasteiger partial charge in [0, 0.05) is 18.4 Å². The van der Waals surface area contributed by atoms with Gasteiger partial charge in [0.1, 0.15) is 0 Å². The third-order valence-electron chi connectivity index (χ3n) is 4.13. The van der Waals surface area contributed by atoms with Crippen molar-refractivity contribution in [3.8, 4) is 5.82 Å². The molecule has 1 aliphatic heterocycles. The lowest BCUT2D eigenvalue weighted by atomic mass is 10.0. The summed E-state index contributed by atoms with van der Waals surface area (Å²) in [4.78, 5) is 16.5. The molecule has 138 valence electrons. The van der Waals surface area contributed by atoms with Crippen molar-refractivity contribution in [2.75, 3.05) is 6.54 Å². The minimum atomic E-state index is -0.0503. The Bertz CT molecular complexity index is 681. The molecule has 1 unspecified atom stereocenters. The van der Waals surface area contributed by atoms with E-state index in [1.165, 1.54) is 0 Å². The highest BCUT2D eigenvalue weighted by Crippen LogP contribution is 2.11. The summed E-state index contributed by atoms with van der Waals surface area (Å²) in [5.74, 6) is 0.868. The summed E-state index contributed by atoms with van der Waals surface area (Å²) in [7, 11) is 0. The maximum Gasteiger partial charge on any atom is 0.237 e. The van der Waals surface area contributed by atoms with Crippen LogP contribution in [0.2, 0.25) is 0 Å². The average Bonchev–Trinajstić information content (AvgIpc) is 2.92. The van der Waals surface area contributed by atoms with Crippen molar-refractivity contribution >= 4 is 30.7 Å². The molecule has 0 bridgehead atoms. The van der Waals surface area contributed by atoms with Crippen molar-refractivity contribution in [2.45, 2.75) is 45.7 Å². The van der Waals surface area contributed by atoms with Crippen molar-refractivity contribution < 1.29 is 4.79 Å². The predicted molar refractivity (Wildman–Crippen MR) is 103 cm³/mol. The fourth-order valence-corrected chi connectivity index (χ4v) is 2.90. The summed E-state index contributed by atoms with van der Waals surface area (Å²) < 4.78 is 1.82. The monoisotopic (exact) mass is 385 g/mol. The zero-order valence-corrected chi connectivity index (χ0v) is 16.1.